The molecular formula is C13H26O4S. The standard InChI is InChI=1S/C13H26O4S/c1-12(2)13(14)10-8-6-4-3-5-7-9-11-18(15,16)17/h12H,3-11H2,1-2H3,(H,15,16,17). The van der Waals surface area contributed by atoms with E-state index in [2.05, 4.69) is 0 Å². The highest BCUT2D eigenvalue weighted by molar-refractivity contribution is 7.85. The molecule has 5 heteroatoms. The van der Waals surface area contributed by atoms with Crippen molar-refractivity contribution in [2.45, 2.75) is 65.2 Å². The van der Waals surface area contributed by atoms with Crippen molar-refractivity contribution in [2.24, 2.45) is 5.92 Å². The highest BCUT2D eigenvalue weighted by atomic mass is 32.2. The molecule has 0 heterocycles. The molecule has 18 heavy (non-hydrogen) atoms. The van der Waals surface area contributed by atoms with Crippen molar-refractivity contribution in [3.63, 3.8) is 0 Å². The molecule has 108 valence electrons. The van der Waals surface area contributed by atoms with Gasteiger partial charge in [-0.2, -0.15) is 8.42 Å². The third-order valence-electron chi connectivity index (χ3n) is 2.97. The average molecular weight is 278 g/mol. The Bertz CT molecular complexity index is 320. The minimum absolute atomic E-state index is 0.129. The average Bonchev–Trinajstić information content (AvgIpc) is 2.24. The predicted octanol–water partition coefficient (Wildman–Crippen LogP) is 3.22. The molecule has 0 aromatic rings. The Kier molecular flexibility index (Phi) is 9.28. The SMILES string of the molecule is CC(C)C(=O)CCCCCCCCCS(=O)(=O)O. The summed E-state index contributed by atoms with van der Waals surface area (Å²) in [6.07, 6.45) is 7.24. The van der Waals surface area contributed by atoms with Gasteiger partial charge in [-0.15, -0.1) is 0 Å². The summed E-state index contributed by atoms with van der Waals surface area (Å²) in [4.78, 5) is 11.3. The largest absolute Gasteiger partial charge is 0.299 e. The lowest BCUT2D eigenvalue weighted by molar-refractivity contribution is -0.122. The number of carbonyl (C=O) groups is 1. The van der Waals surface area contributed by atoms with Gasteiger partial charge in [-0.3, -0.25) is 9.35 Å². The molecule has 1 N–H and O–H groups in total. The van der Waals surface area contributed by atoms with Gasteiger partial charge in [-0.25, -0.2) is 0 Å². The van der Waals surface area contributed by atoms with Gasteiger partial charge < -0.3 is 0 Å². The molecule has 0 saturated heterocycles. The minimum atomic E-state index is -3.78. The molecule has 0 bridgehead atoms. The number of hydrogen-bond donors (Lipinski definition) is 1. The quantitative estimate of drug-likeness (QED) is 0.465. The first kappa shape index (κ1) is 17.6. The third-order valence-corrected chi connectivity index (χ3v) is 3.77. The van der Waals surface area contributed by atoms with Crippen LogP contribution in [-0.4, -0.2) is 24.5 Å². The van der Waals surface area contributed by atoms with Crippen molar-refractivity contribution >= 4 is 15.9 Å². The highest BCUT2D eigenvalue weighted by Crippen LogP contribution is 2.11. The molecule has 4 nitrogen and oxygen atoms in total. The van der Waals surface area contributed by atoms with Gasteiger partial charge in [0.15, 0.2) is 0 Å². The Hall–Kier alpha value is -0.420. The number of ketones is 1. The van der Waals surface area contributed by atoms with Crippen molar-refractivity contribution in [1.82, 2.24) is 0 Å². The van der Waals surface area contributed by atoms with Crippen molar-refractivity contribution in [1.29, 1.82) is 0 Å². The van der Waals surface area contributed by atoms with Crippen LogP contribution in [-0.2, 0) is 14.9 Å². The van der Waals surface area contributed by atoms with E-state index in [4.69, 9.17) is 4.55 Å². The lowest BCUT2D eigenvalue weighted by atomic mass is 10.0. The van der Waals surface area contributed by atoms with Crippen molar-refractivity contribution in [3.05, 3.63) is 0 Å². The molecule has 0 aliphatic carbocycles. The summed E-state index contributed by atoms with van der Waals surface area (Å²) in [5.74, 6) is 0.351. The molecule has 0 saturated carbocycles. The zero-order valence-electron chi connectivity index (χ0n) is 11.5. The molecule has 0 atom stereocenters. The molecule has 0 radical (unpaired) electrons. The number of Topliss-reactive ketones (excluding diaryl/α,β-unsaturated/α-hetero) is 1. The van der Waals surface area contributed by atoms with Crippen LogP contribution in [0.5, 0.6) is 0 Å². The van der Waals surface area contributed by atoms with Crippen LogP contribution in [0.15, 0.2) is 0 Å². The van der Waals surface area contributed by atoms with E-state index in [0.29, 0.717) is 18.6 Å². The molecule has 0 unspecified atom stereocenters. The van der Waals surface area contributed by atoms with E-state index in [9.17, 15) is 13.2 Å². The van der Waals surface area contributed by atoms with Crippen LogP contribution in [0.25, 0.3) is 0 Å². The maximum absolute atomic E-state index is 11.3. The first-order valence-corrected chi connectivity index (χ1v) is 8.41. The first-order chi connectivity index (χ1) is 8.33. The Morgan fingerprint density at radius 1 is 0.944 bits per heavy atom. The summed E-state index contributed by atoms with van der Waals surface area (Å²) < 4.78 is 29.4. The van der Waals surface area contributed by atoms with E-state index < -0.39 is 10.1 Å². The summed E-state index contributed by atoms with van der Waals surface area (Å²) in [5.41, 5.74) is 0. The van der Waals surface area contributed by atoms with E-state index in [1.165, 1.54) is 0 Å². The van der Waals surface area contributed by atoms with Crippen LogP contribution in [0, 0.1) is 5.92 Å². The lowest BCUT2D eigenvalue weighted by Gasteiger charge is -2.04. The Morgan fingerprint density at radius 3 is 1.83 bits per heavy atom. The maximum Gasteiger partial charge on any atom is 0.264 e. The zero-order chi connectivity index (χ0) is 14.0. The molecular weight excluding hydrogens is 252 g/mol. The maximum atomic E-state index is 11.3. The second-order valence-electron chi connectivity index (χ2n) is 5.13. The van der Waals surface area contributed by atoms with Gasteiger partial charge in [0.2, 0.25) is 0 Å². The van der Waals surface area contributed by atoms with Gasteiger partial charge in [-0.05, 0) is 12.8 Å². The summed E-state index contributed by atoms with van der Waals surface area (Å²) in [7, 11) is -3.78. The molecule has 0 fully saturated rings. The van der Waals surface area contributed by atoms with Crippen molar-refractivity contribution in [2.75, 3.05) is 5.75 Å². The van der Waals surface area contributed by atoms with Crippen molar-refractivity contribution in [3.8, 4) is 0 Å². The van der Waals surface area contributed by atoms with E-state index >= 15 is 0 Å². The van der Waals surface area contributed by atoms with Gasteiger partial charge >= 0.3 is 0 Å². The summed E-state index contributed by atoms with van der Waals surface area (Å²) in [6, 6.07) is 0. The van der Waals surface area contributed by atoms with E-state index in [0.717, 1.165) is 38.5 Å². The summed E-state index contributed by atoms with van der Waals surface area (Å²) in [5, 5.41) is 0. The highest BCUT2D eigenvalue weighted by Gasteiger charge is 2.06. The fourth-order valence-electron chi connectivity index (χ4n) is 1.76. The molecule has 0 spiro atoms. The smallest absolute Gasteiger partial charge is 0.264 e. The Balaban J connectivity index is 3.24. The fraction of sp³-hybridized carbons (Fsp3) is 0.923. The number of hydrogen-bond acceptors (Lipinski definition) is 3. The second kappa shape index (κ2) is 9.50. The van der Waals surface area contributed by atoms with Gasteiger partial charge in [-0.1, -0.05) is 46.0 Å². The van der Waals surface area contributed by atoms with E-state index in [-0.39, 0.29) is 11.7 Å². The van der Waals surface area contributed by atoms with Crippen LogP contribution < -0.4 is 0 Å². The monoisotopic (exact) mass is 278 g/mol. The zero-order valence-corrected chi connectivity index (χ0v) is 12.3. The second-order valence-corrected chi connectivity index (χ2v) is 6.70. The number of rotatable bonds is 11. The van der Waals surface area contributed by atoms with Gasteiger partial charge in [0.05, 0.1) is 5.75 Å². The predicted molar refractivity (Wildman–Crippen MR) is 73.2 cm³/mol. The van der Waals surface area contributed by atoms with Crippen LogP contribution in [0.2, 0.25) is 0 Å². The molecule has 0 aliphatic rings. The van der Waals surface area contributed by atoms with Crippen LogP contribution in [0.4, 0.5) is 0 Å². The summed E-state index contributed by atoms with van der Waals surface area (Å²) in [6.45, 7) is 3.86. The topological polar surface area (TPSA) is 71.4 Å². The normalized spacial score (nSPS) is 12.0. The van der Waals surface area contributed by atoms with Crippen molar-refractivity contribution < 1.29 is 17.8 Å². The van der Waals surface area contributed by atoms with Crippen LogP contribution in [0.1, 0.15) is 65.2 Å². The molecule has 0 aliphatic heterocycles. The first-order valence-electron chi connectivity index (χ1n) is 6.81. The molecule has 0 amide bonds. The number of unbranched alkanes of at least 4 members (excludes halogenated alkanes) is 6. The van der Waals surface area contributed by atoms with E-state index in [1.54, 1.807) is 0 Å². The molecule has 0 aromatic carbocycles. The minimum Gasteiger partial charge on any atom is -0.299 e. The molecule has 0 rings (SSSR count). The fourth-order valence-corrected chi connectivity index (χ4v) is 2.33. The van der Waals surface area contributed by atoms with Gasteiger partial charge in [0.1, 0.15) is 5.78 Å². The van der Waals surface area contributed by atoms with Crippen LogP contribution >= 0.6 is 0 Å². The Labute approximate surface area is 111 Å². The molecule has 0 aromatic heterocycles. The lowest BCUT2D eigenvalue weighted by Crippen LogP contribution is -2.06. The Morgan fingerprint density at radius 2 is 1.39 bits per heavy atom. The summed E-state index contributed by atoms with van der Waals surface area (Å²) >= 11 is 0. The number of carbonyl (C=O) groups excluding carboxylic acids is 1. The van der Waals surface area contributed by atoms with Crippen LogP contribution in [0.3, 0.4) is 0 Å². The van der Waals surface area contributed by atoms with E-state index in [1.807, 2.05) is 13.8 Å². The third kappa shape index (κ3) is 12.0. The van der Waals surface area contributed by atoms with Gasteiger partial charge in [0, 0.05) is 12.3 Å². The van der Waals surface area contributed by atoms with Gasteiger partial charge in [0.25, 0.3) is 10.1 Å².